The van der Waals surface area contributed by atoms with E-state index in [0.717, 1.165) is 124 Å². The number of fused-ring (bicyclic) bond motifs is 7. The molecule has 0 bridgehead atoms. The van der Waals surface area contributed by atoms with Gasteiger partial charge in [0.15, 0.2) is 16.9 Å². The Morgan fingerprint density at radius 2 is 0.697 bits per heavy atom. The molecular formula is C63H43N11S2. The quantitative estimate of drug-likeness (QED) is 0.153. The average molecular weight is 1020 g/mol. The molecule has 0 atom stereocenters. The summed E-state index contributed by atoms with van der Waals surface area (Å²) in [5.41, 5.74) is 17.9. The molecule has 6 aromatic heterocycles. The lowest BCUT2D eigenvalue weighted by molar-refractivity contribution is 0.930. The summed E-state index contributed by atoms with van der Waals surface area (Å²) in [5, 5.41) is 0. The summed E-state index contributed by atoms with van der Waals surface area (Å²) in [5.74, 6) is 2.24. The normalized spacial score (nSPS) is 12.8. The van der Waals surface area contributed by atoms with Crippen molar-refractivity contribution in [3.63, 3.8) is 0 Å². The number of hydrogen-bond acceptors (Lipinski definition) is 10. The van der Waals surface area contributed by atoms with Crippen molar-refractivity contribution in [2.45, 2.75) is 19.6 Å². The monoisotopic (exact) mass is 1020 g/mol. The van der Waals surface area contributed by atoms with E-state index in [1.165, 1.54) is 19.6 Å². The molecule has 0 aliphatic carbocycles. The van der Waals surface area contributed by atoms with Crippen molar-refractivity contribution < 1.29 is 0 Å². The molecule has 0 unspecified atom stereocenters. The minimum Gasteiger partial charge on any atom is -0.312 e. The second-order valence-corrected chi connectivity index (χ2v) is 21.1. The largest absolute Gasteiger partial charge is 0.312 e. The second-order valence-electron chi connectivity index (χ2n) is 19.0. The maximum Gasteiger partial charge on any atom is 0.159 e. The highest BCUT2D eigenvalue weighted by Crippen LogP contribution is 2.55. The molecule has 0 N–H and O–H groups in total. The number of anilines is 6. The number of aromatic nitrogens is 9. The molecule has 13 heteroatoms. The van der Waals surface area contributed by atoms with Crippen LogP contribution in [0.1, 0.15) is 0 Å². The highest BCUT2D eigenvalue weighted by molar-refractivity contribution is 8.00. The zero-order chi connectivity index (χ0) is 50.6. The summed E-state index contributed by atoms with van der Waals surface area (Å²) in [7, 11) is 6.17. The number of pyridine rings is 3. The molecule has 362 valence electrons. The standard InChI is InChI=1S/C63H43N11S2/c1-70-58(67-44-15-12-34-64-59(44)70)43-37-42(38-26-30-40(31-27-38)73-47-18-4-8-22-51(47)75-52-23-9-5-19-48(52)73)56(62-68-45-16-13-35-65-60(45)71(62)2)57(63-69-46-17-14-36-66-61(46)72(63)3)55(43)39-28-32-41(33-29-39)74-49-20-6-10-24-53(49)76-54-25-11-7-21-50(54)74/h4-37H,1-3H3. The van der Waals surface area contributed by atoms with E-state index >= 15 is 0 Å². The summed E-state index contributed by atoms with van der Waals surface area (Å²) in [6.45, 7) is 0. The Hall–Kier alpha value is -9.30. The summed E-state index contributed by atoms with van der Waals surface area (Å²) < 4.78 is 6.33. The molecule has 13 aromatic rings. The molecular weight excluding hydrogens is 975 g/mol. The Balaban J connectivity index is 1.04. The highest BCUT2D eigenvalue weighted by Gasteiger charge is 2.33. The SMILES string of the molecule is Cn1c(-c2cc(-c3ccc(N4c5ccccc5Sc5ccccc54)cc3)c(-c3nc4cccnc4n3C)c(-c3nc4cccnc4n3C)c2-c2ccc(N3c4ccccc4Sc4ccccc43)cc2)nc2cccnc21. The van der Waals surface area contributed by atoms with Gasteiger partial charge in [0.05, 0.1) is 22.7 Å². The van der Waals surface area contributed by atoms with Gasteiger partial charge in [0.25, 0.3) is 0 Å². The van der Waals surface area contributed by atoms with E-state index in [1.807, 2.05) is 55.0 Å². The molecule has 0 spiro atoms. The maximum absolute atomic E-state index is 5.52. The Bertz CT molecular complexity index is 4390. The van der Waals surface area contributed by atoms with E-state index in [0.29, 0.717) is 0 Å². The lowest BCUT2D eigenvalue weighted by Gasteiger charge is -2.33. The Morgan fingerprint density at radius 3 is 1.12 bits per heavy atom. The first kappa shape index (κ1) is 44.2. The topological polar surface area (TPSA) is 98.6 Å². The van der Waals surface area contributed by atoms with E-state index in [4.69, 9.17) is 29.9 Å². The molecule has 2 aliphatic rings. The summed E-state index contributed by atoms with van der Waals surface area (Å²) in [6.07, 6.45) is 5.48. The van der Waals surface area contributed by atoms with Crippen molar-refractivity contribution in [3.8, 4) is 56.4 Å². The summed E-state index contributed by atoms with van der Waals surface area (Å²) >= 11 is 3.61. The molecule has 0 radical (unpaired) electrons. The Kier molecular flexibility index (Phi) is 10.1. The number of hydrogen-bond donors (Lipinski definition) is 0. The van der Waals surface area contributed by atoms with Crippen LogP contribution < -0.4 is 9.80 Å². The first-order valence-electron chi connectivity index (χ1n) is 25.0. The van der Waals surface area contributed by atoms with E-state index in [-0.39, 0.29) is 0 Å². The van der Waals surface area contributed by atoms with Crippen molar-refractivity contribution >= 4 is 91.1 Å². The second kappa shape index (κ2) is 17.4. The van der Waals surface area contributed by atoms with Gasteiger partial charge in [-0.2, -0.15) is 0 Å². The third-order valence-electron chi connectivity index (χ3n) is 14.6. The molecule has 8 heterocycles. The number of benzene rings is 7. The molecule has 15 rings (SSSR count). The number of para-hydroxylation sites is 4. The van der Waals surface area contributed by atoms with Crippen LogP contribution in [0.15, 0.2) is 226 Å². The first-order chi connectivity index (χ1) is 37.4. The molecule has 2 aliphatic heterocycles. The summed E-state index contributed by atoms with van der Waals surface area (Å²) in [4.78, 5) is 40.6. The zero-order valence-electron chi connectivity index (χ0n) is 41.4. The van der Waals surface area contributed by atoms with Gasteiger partial charge in [-0.3, -0.25) is 0 Å². The third kappa shape index (κ3) is 6.85. The van der Waals surface area contributed by atoms with Crippen LogP contribution >= 0.6 is 23.5 Å². The predicted molar refractivity (Wildman–Crippen MR) is 307 cm³/mol. The van der Waals surface area contributed by atoms with Crippen molar-refractivity contribution in [1.29, 1.82) is 0 Å². The average Bonchev–Trinajstić information content (AvgIpc) is 4.23. The zero-order valence-corrected chi connectivity index (χ0v) is 43.0. The number of imidazole rings is 3. The van der Waals surface area contributed by atoms with Gasteiger partial charge < -0.3 is 23.5 Å². The number of nitrogens with zero attached hydrogens (tertiary/aromatic N) is 11. The molecule has 7 aromatic carbocycles. The van der Waals surface area contributed by atoms with Crippen molar-refractivity contribution in [2.75, 3.05) is 9.80 Å². The van der Waals surface area contributed by atoms with Gasteiger partial charge in [-0.25, -0.2) is 29.9 Å². The van der Waals surface area contributed by atoms with Gasteiger partial charge >= 0.3 is 0 Å². The van der Waals surface area contributed by atoms with Gasteiger partial charge in [0, 0.05) is 92.9 Å². The lowest BCUT2D eigenvalue weighted by atomic mass is 9.84. The third-order valence-corrected chi connectivity index (χ3v) is 16.9. The van der Waals surface area contributed by atoms with Gasteiger partial charge in [0.2, 0.25) is 0 Å². The van der Waals surface area contributed by atoms with Crippen LogP contribution in [0.2, 0.25) is 0 Å². The number of aryl methyl sites for hydroxylation is 3. The minimum atomic E-state index is 0.731. The van der Waals surface area contributed by atoms with Crippen LogP contribution in [0.5, 0.6) is 0 Å². The van der Waals surface area contributed by atoms with Crippen molar-refractivity contribution in [3.05, 3.63) is 207 Å². The maximum atomic E-state index is 5.52. The predicted octanol–water partition coefficient (Wildman–Crippen LogP) is 15.7. The van der Waals surface area contributed by atoms with Crippen LogP contribution in [-0.2, 0) is 21.1 Å². The number of rotatable bonds is 7. The van der Waals surface area contributed by atoms with Gasteiger partial charge in [-0.1, -0.05) is 96.3 Å². The van der Waals surface area contributed by atoms with Crippen molar-refractivity contribution in [2.24, 2.45) is 21.1 Å². The molecule has 76 heavy (non-hydrogen) atoms. The lowest BCUT2D eigenvalue weighted by Crippen LogP contribution is -2.14. The first-order valence-corrected chi connectivity index (χ1v) is 26.7. The molecule has 0 saturated carbocycles. The van der Waals surface area contributed by atoms with Crippen molar-refractivity contribution in [1.82, 2.24) is 43.6 Å². The van der Waals surface area contributed by atoms with Crippen LogP contribution in [0.25, 0.3) is 89.9 Å². The van der Waals surface area contributed by atoms with E-state index in [9.17, 15) is 0 Å². The van der Waals surface area contributed by atoms with Gasteiger partial charge in [-0.15, -0.1) is 0 Å². The Labute approximate surface area is 445 Å². The van der Waals surface area contributed by atoms with E-state index in [2.05, 4.69) is 196 Å². The fourth-order valence-electron chi connectivity index (χ4n) is 11.1. The molecule has 0 amide bonds. The minimum absolute atomic E-state index is 0.731. The molecule has 0 fully saturated rings. The molecule has 11 nitrogen and oxygen atoms in total. The van der Waals surface area contributed by atoms with Gasteiger partial charge in [0.1, 0.15) is 34.0 Å². The fourth-order valence-corrected chi connectivity index (χ4v) is 13.3. The van der Waals surface area contributed by atoms with Crippen LogP contribution in [0.4, 0.5) is 34.1 Å². The fraction of sp³-hybridized carbons (Fsp3) is 0.0476. The van der Waals surface area contributed by atoms with Crippen LogP contribution in [0, 0.1) is 0 Å². The highest BCUT2D eigenvalue weighted by atomic mass is 32.2. The van der Waals surface area contributed by atoms with E-state index < -0.39 is 0 Å². The van der Waals surface area contributed by atoms with Crippen LogP contribution in [-0.4, -0.2) is 43.6 Å². The summed E-state index contributed by atoms with van der Waals surface area (Å²) in [6, 6.07) is 66.6. The smallest absolute Gasteiger partial charge is 0.159 e. The van der Waals surface area contributed by atoms with Crippen LogP contribution in [0.3, 0.4) is 0 Å². The van der Waals surface area contributed by atoms with Gasteiger partial charge in [-0.05, 0) is 132 Å². The van der Waals surface area contributed by atoms with E-state index in [1.54, 1.807) is 23.5 Å². The Morgan fingerprint density at radius 1 is 0.329 bits per heavy atom. The molecule has 0 saturated heterocycles.